The van der Waals surface area contributed by atoms with Gasteiger partial charge in [-0.1, -0.05) is 11.6 Å². The first kappa shape index (κ1) is 26.1. The lowest BCUT2D eigenvalue weighted by molar-refractivity contribution is -0.143. The van der Waals surface area contributed by atoms with Crippen molar-refractivity contribution in [2.24, 2.45) is 17.8 Å². The second-order valence-electron chi connectivity index (χ2n) is 10.5. The number of rotatable bonds is 7. The molecule has 208 valence electrons. The number of nitrogens with two attached hydrogens (primary N) is 1. The molecule has 6 rings (SSSR count). The number of esters is 1. The molecule has 0 saturated carbocycles. The minimum atomic E-state index is -0.200. The molecule has 3 aromatic heterocycles. The largest absolute Gasteiger partial charge is 0.508 e. The molecule has 0 unspecified atom stereocenters. The summed E-state index contributed by atoms with van der Waals surface area (Å²) >= 11 is 6.32. The minimum absolute atomic E-state index is 0.0530. The summed E-state index contributed by atoms with van der Waals surface area (Å²) in [5, 5.41) is 22.8. The average molecular weight is 563 g/mol. The quantitative estimate of drug-likeness (QED) is 0.176. The Balaban J connectivity index is 1.38. The van der Waals surface area contributed by atoms with Crippen molar-refractivity contribution in [2.45, 2.75) is 43.8 Å². The van der Waals surface area contributed by atoms with E-state index in [0.717, 1.165) is 48.0 Å². The van der Waals surface area contributed by atoms with Gasteiger partial charge in [0, 0.05) is 54.8 Å². The number of amidine groups is 1. The van der Waals surface area contributed by atoms with Gasteiger partial charge in [0.1, 0.15) is 11.6 Å². The number of aliphatic imine (C=N–C) groups is 1. The van der Waals surface area contributed by atoms with Crippen molar-refractivity contribution in [3.63, 3.8) is 0 Å². The summed E-state index contributed by atoms with van der Waals surface area (Å²) in [5.41, 5.74) is 11.3. The van der Waals surface area contributed by atoms with E-state index in [-0.39, 0.29) is 23.6 Å². The number of benzene rings is 1. The fourth-order valence-electron chi connectivity index (χ4n) is 5.98. The number of anilines is 1. The highest BCUT2D eigenvalue weighted by atomic mass is 35.5. The summed E-state index contributed by atoms with van der Waals surface area (Å²) in [6.45, 7) is 0.323. The number of fused-ring (bicyclic) bond motifs is 3. The molecule has 5 heterocycles. The molecule has 0 aliphatic carbocycles. The highest BCUT2D eigenvalue weighted by molar-refractivity contribution is 6.33. The van der Waals surface area contributed by atoms with Crippen LogP contribution in [0.5, 0.6) is 5.75 Å². The van der Waals surface area contributed by atoms with Crippen molar-refractivity contribution in [2.75, 3.05) is 19.0 Å². The second kappa shape index (κ2) is 10.5. The Morgan fingerprint density at radius 3 is 2.62 bits per heavy atom. The number of halogens is 1. The topological polar surface area (TPSA) is 135 Å². The number of hydrogen-bond donors (Lipinski definition) is 3. The molecular weight excluding hydrogens is 532 g/mol. The summed E-state index contributed by atoms with van der Waals surface area (Å²) in [6, 6.07) is 7.40. The number of ether oxygens (including phenoxy) is 1. The Morgan fingerprint density at radius 2 is 1.95 bits per heavy atom. The van der Waals surface area contributed by atoms with Crippen LogP contribution in [-0.2, 0) is 16.6 Å². The number of piperidine rings is 1. The zero-order chi connectivity index (χ0) is 28.0. The summed E-state index contributed by atoms with van der Waals surface area (Å²) in [7, 11) is 3.32. The van der Waals surface area contributed by atoms with Gasteiger partial charge < -0.3 is 20.9 Å². The van der Waals surface area contributed by atoms with E-state index in [1.165, 1.54) is 19.2 Å². The lowest BCUT2D eigenvalue weighted by Crippen LogP contribution is -2.49. The van der Waals surface area contributed by atoms with Gasteiger partial charge >= 0.3 is 5.97 Å². The van der Waals surface area contributed by atoms with Gasteiger partial charge in [-0.05, 0) is 43.9 Å². The molecule has 12 heteroatoms. The van der Waals surface area contributed by atoms with Crippen molar-refractivity contribution in [3.05, 3.63) is 59.6 Å². The Bertz CT molecular complexity index is 1600. The number of nitrogens with one attached hydrogen (secondary N) is 1. The molecule has 4 aromatic rings. The summed E-state index contributed by atoms with van der Waals surface area (Å²) in [6.07, 6.45) is 11.3. The van der Waals surface area contributed by atoms with Gasteiger partial charge in [0.15, 0.2) is 0 Å². The maximum absolute atomic E-state index is 12.0. The number of phenolic OH excluding ortho intramolecular Hbond substituents is 1. The van der Waals surface area contributed by atoms with Gasteiger partial charge in [-0.25, -0.2) is 9.51 Å². The number of aromatic nitrogens is 4. The smallest absolute Gasteiger partial charge is 0.319 e. The minimum Gasteiger partial charge on any atom is -0.508 e. The van der Waals surface area contributed by atoms with Crippen LogP contribution in [0.15, 0.2) is 54.0 Å². The number of hydrogen-bond acceptors (Lipinski definition) is 8. The van der Waals surface area contributed by atoms with Gasteiger partial charge in [-0.2, -0.15) is 10.2 Å². The SMILES string of the molecule is COC(=O)CN1[C@@H]2CC[C@H]1C[C@H](Nc1c(/C(N)=N/c3ccc(O)cc3Cl)cnn3cc(-c4cnn(C)c4)cc13)C2. The Morgan fingerprint density at radius 1 is 1.18 bits per heavy atom. The predicted molar refractivity (Wildman–Crippen MR) is 153 cm³/mol. The maximum Gasteiger partial charge on any atom is 0.319 e. The molecule has 2 aliphatic rings. The van der Waals surface area contributed by atoms with Gasteiger partial charge in [0.2, 0.25) is 0 Å². The average Bonchev–Trinajstić information content (AvgIpc) is 3.61. The maximum atomic E-state index is 12.0. The van der Waals surface area contributed by atoms with Gasteiger partial charge in [0.05, 0.1) is 53.5 Å². The van der Waals surface area contributed by atoms with E-state index in [1.54, 1.807) is 16.9 Å². The van der Waals surface area contributed by atoms with Crippen LogP contribution in [0.3, 0.4) is 0 Å². The van der Waals surface area contributed by atoms with Crippen molar-refractivity contribution in [1.82, 2.24) is 24.3 Å². The Labute approximate surface area is 236 Å². The number of aromatic hydroxyl groups is 1. The number of carbonyl (C=O) groups excluding carboxylic acids is 1. The third-order valence-corrected chi connectivity index (χ3v) is 8.20. The molecule has 0 spiro atoms. The molecule has 2 saturated heterocycles. The molecule has 1 aromatic carbocycles. The zero-order valence-corrected chi connectivity index (χ0v) is 23.0. The molecular formula is C28H31ClN8O3. The normalized spacial score (nSPS) is 21.2. The van der Waals surface area contributed by atoms with E-state index in [1.807, 2.05) is 30.2 Å². The van der Waals surface area contributed by atoms with Crippen molar-refractivity contribution in [1.29, 1.82) is 0 Å². The van der Waals surface area contributed by atoms with Gasteiger partial charge in [-0.15, -0.1) is 0 Å². The van der Waals surface area contributed by atoms with Crippen LogP contribution in [0.4, 0.5) is 11.4 Å². The van der Waals surface area contributed by atoms with Gasteiger partial charge in [0.25, 0.3) is 0 Å². The van der Waals surface area contributed by atoms with Crippen LogP contribution in [-0.4, -0.2) is 73.0 Å². The van der Waals surface area contributed by atoms with Crippen LogP contribution in [0.25, 0.3) is 16.6 Å². The third-order valence-electron chi connectivity index (χ3n) is 7.90. The molecule has 2 bridgehead atoms. The van der Waals surface area contributed by atoms with Crippen LogP contribution >= 0.6 is 11.6 Å². The Hall–Kier alpha value is -4.09. The molecule has 4 N–H and O–H groups in total. The molecule has 0 amide bonds. The van der Waals surface area contributed by atoms with Crippen LogP contribution in [0, 0.1) is 0 Å². The first-order valence-electron chi connectivity index (χ1n) is 13.2. The third kappa shape index (κ3) is 4.98. The molecule has 2 fully saturated rings. The van der Waals surface area contributed by atoms with Gasteiger partial charge in [-0.3, -0.25) is 14.4 Å². The monoisotopic (exact) mass is 562 g/mol. The Kier molecular flexibility index (Phi) is 6.85. The highest BCUT2D eigenvalue weighted by Crippen LogP contribution is 2.38. The van der Waals surface area contributed by atoms with E-state index >= 15 is 0 Å². The van der Waals surface area contributed by atoms with Crippen molar-refractivity contribution in [3.8, 4) is 16.9 Å². The number of phenols is 1. The highest BCUT2D eigenvalue weighted by Gasteiger charge is 2.41. The molecule has 2 aliphatic heterocycles. The van der Waals surface area contributed by atoms with Crippen LogP contribution in [0.2, 0.25) is 5.02 Å². The van der Waals surface area contributed by atoms with Crippen LogP contribution < -0.4 is 11.1 Å². The van der Waals surface area contributed by atoms with E-state index in [4.69, 9.17) is 22.1 Å². The predicted octanol–water partition coefficient (Wildman–Crippen LogP) is 3.71. The second-order valence-corrected chi connectivity index (χ2v) is 10.9. The number of carbonyl (C=O) groups is 1. The lowest BCUT2D eigenvalue weighted by Gasteiger charge is -2.39. The fourth-order valence-corrected chi connectivity index (χ4v) is 6.19. The standard InChI is InChI=1S/C28H31ClN8O3/c1-35-13-17(11-31-35)16-7-25-27(33-18-8-19-3-4-20(9-18)36(19)15-26(39)40-2)22(12-32-37(25)14-16)28(30)34-24-6-5-21(38)10-23(24)29/h5-7,10-14,18-20,33,38H,3-4,8-9,15H2,1-2H3,(H2,30,34)/t18-,19-,20+. The zero-order valence-electron chi connectivity index (χ0n) is 22.3. The summed E-state index contributed by atoms with van der Waals surface area (Å²) in [4.78, 5) is 18.9. The lowest BCUT2D eigenvalue weighted by atomic mass is 9.96. The number of methoxy groups -OCH3 is 1. The summed E-state index contributed by atoms with van der Waals surface area (Å²) < 4.78 is 8.52. The molecule has 3 atom stereocenters. The number of aryl methyl sites for hydroxylation is 1. The molecule has 11 nitrogen and oxygen atoms in total. The van der Waals surface area contributed by atoms with E-state index < -0.39 is 0 Å². The molecule has 0 radical (unpaired) electrons. The summed E-state index contributed by atoms with van der Waals surface area (Å²) in [5.74, 6) is 0.104. The van der Waals surface area contributed by atoms with Crippen molar-refractivity contribution >= 4 is 40.3 Å². The first-order valence-corrected chi connectivity index (χ1v) is 13.6. The van der Waals surface area contributed by atoms with E-state index in [9.17, 15) is 9.90 Å². The number of nitrogens with zero attached hydrogens (tertiary/aromatic N) is 6. The molecule has 40 heavy (non-hydrogen) atoms. The van der Waals surface area contributed by atoms with E-state index in [0.29, 0.717) is 34.9 Å². The fraction of sp³-hybridized carbons (Fsp3) is 0.357. The van der Waals surface area contributed by atoms with Crippen molar-refractivity contribution < 1.29 is 14.6 Å². The first-order chi connectivity index (χ1) is 19.3. The van der Waals surface area contributed by atoms with Crippen LogP contribution in [0.1, 0.15) is 31.2 Å². The van der Waals surface area contributed by atoms with E-state index in [2.05, 4.69) is 31.5 Å².